The summed E-state index contributed by atoms with van der Waals surface area (Å²) >= 11 is 0. The van der Waals surface area contributed by atoms with Crippen molar-refractivity contribution in [2.45, 2.75) is 12.7 Å². The third kappa shape index (κ3) is 4.78. The summed E-state index contributed by atoms with van der Waals surface area (Å²) in [5.41, 5.74) is 0.456. The van der Waals surface area contributed by atoms with Crippen molar-refractivity contribution in [2.75, 3.05) is 7.11 Å². The van der Waals surface area contributed by atoms with Crippen molar-refractivity contribution in [2.24, 2.45) is 0 Å². The SMILES string of the molecule is COC(=O)c1ccc(/C=C/C(=O)NCc2nnc3ccc(C(F)(F)F)cn23)cc1. The molecule has 1 aromatic carbocycles. The minimum absolute atomic E-state index is 0.104. The minimum atomic E-state index is -4.49. The van der Waals surface area contributed by atoms with Gasteiger partial charge in [0.15, 0.2) is 11.5 Å². The van der Waals surface area contributed by atoms with Crippen LogP contribution < -0.4 is 5.32 Å². The van der Waals surface area contributed by atoms with E-state index in [-0.39, 0.29) is 18.0 Å². The largest absolute Gasteiger partial charge is 0.465 e. The Bertz CT molecular complexity index is 1070. The van der Waals surface area contributed by atoms with E-state index in [0.717, 1.165) is 12.3 Å². The number of esters is 1. The van der Waals surface area contributed by atoms with Crippen molar-refractivity contribution in [3.05, 3.63) is 71.2 Å². The first-order valence-electron chi connectivity index (χ1n) is 8.33. The van der Waals surface area contributed by atoms with Crippen LogP contribution in [0.15, 0.2) is 48.7 Å². The number of benzene rings is 1. The van der Waals surface area contributed by atoms with Gasteiger partial charge >= 0.3 is 12.1 Å². The number of carbonyl (C=O) groups is 2. The fourth-order valence-electron chi connectivity index (χ4n) is 2.47. The van der Waals surface area contributed by atoms with Crippen molar-refractivity contribution < 1.29 is 27.5 Å². The molecule has 0 spiro atoms. The molecule has 2 heterocycles. The van der Waals surface area contributed by atoms with Gasteiger partial charge in [0.2, 0.25) is 5.91 Å². The molecule has 29 heavy (non-hydrogen) atoms. The van der Waals surface area contributed by atoms with Crippen LogP contribution in [-0.4, -0.2) is 33.6 Å². The van der Waals surface area contributed by atoms with Crippen molar-refractivity contribution in [1.82, 2.24) is 19.9 Å². The Labute approximate surface area is 162 Å². The highest BCUT2D eigenvalue weighted by molar-refractivity contribution is 5.92. The third-order valence-corrected chi connectivity index (χ3v) is 3.98. The first-order chi connectivity index (χ1) is 13.8. The second-order valence-electron chi connectivity index (χ2n) is 5.92. The van der Waals surface area contributed by atoms with Gasteiger partial charge in [-0.1, -0.05) is 12.1 Å². The topological polar surface area (TPSA) is 85.6 Å². The fraction of sp³-hybridized carbons (Fsp3) is 0.158. The molecule has 0 unspecified atom stereocenters. The van der Waals surface area contributed by atoms with Gasteiger partial charge in [0, 0.05) is 12.3 Å². The molecule has 0 fully saturated rings. The van der Waals surface area contributed by atoms with Gasteiger partial charge < -0.3 is 10.1 Å². The Kier molecular flexibility index (Phi) is 5.62. The lowest BCUT2D eigenvalue weighted by Gasteiger charge is -2.07. The summed E-state index contributed by atoms with van der Waals surface area (Å²) in [6.45, 7) is -0.104. The van der Waals surface area contributed by atoms with Crippen molar-refractivity contribution in [3.63, 3.8) is 0 Å². The Morgan fingerprint density at radius 3 is 2.52 bits per heavy atom. The highest BCUT2D eigenvalue weighted by Crippen LogP contribution is 2.29. The number of carbonyl (C=O) groups excluding carboxylic acids is 2. The molecule has 0 saturated carbocycles. The molecular formula is C19H15F3N4O3. The number of methoxy groups -OCH3 is 1. The van der Waals surface area contributed by atoms with Gasteiger partial charge in [-0.05, 0) is 35.9 Å². The van der Waals surface area contributed by atoms with Crippen LogP contribution in [0.25, 0.3) is 11.7 Å². The number of rotatable bonds is 5. The molecule has 0 atom stereocenters. The van der Waals surface area contributed by atoms with Crippen LogP contribution in [0.3, 0.4) is 0 Å². The molecule has 0 radical (unpaired) electrons. The zero-order chi connectivity index (χ0) is 21.0. The zero-order valence-electron chi connectivity index (χ0n) is 15.1. The molecule has 3 aromatic rings. The van der Waals surface area contributed by atoms with E-state index in [1.807, 2.05) is 0 Å². The first-order valence-corrected chi connectivity index (χ1v) is 8.33. The number of amides is 1. The third-order valence-electron chi connectivity index (χ3n) is 3.98. The molecule has 1 N–H and O–H groups in total. The van der Waals surface area contributed by atoms with E-state index in [2.05, 4.69) is 20.3 Å². The van der Waals surface area contributed by atoms with Gasteiger partial charge in [-0.3, -0.25) is 9.20 Å². The quantitative estimate of drug-likeness (QED) is 0.522. The predicted octanol–water partition coefficient (Wildman–Crippen LogP) is 2.86. The monoisotopic (exact) mass is 404 g/mol. The normalized spacial score (nSPS) is 11.7. The number of halogens is 3. The van der Waals surface area contributed by atoms with E-state index in [4.69, 9.17) is 0 Å². The van der Waals surface area contributed by atoms with Crippen molar-refractivity contribution in [3.8, 4) is 0 Å². The van der Waals surface area contributed by atoms with Crippen LogP contribution >= 0.6 is 0 Å². The molecule has 0 aliphatic rings. The molecule has 0 bridgehead atoms. The lowest BCUT2D eigenvalue weighted by Crippen LogP contribution is -2.21. The van der Waals surface area contributed by atoms with E-state index in [1.54, 1.807) is 24.3 Å². The number of aromatic nitrogens is 3. The number of hydrogen-bond donors (Lipinski definition) is 1. The summed E-state index contributed by atoms with van der Waals surface area (Å²) < 4.78 is 44.4. The molecule has 1 amide bonds. The molecule has 2 aromatic heterocycles. The summed E-state index contributed by atoms with van der Waals surface area (Å²) in [5.74, 6) is -0.770. The van der Waals surface area contributed by atoms with Gasteiger partial charge in [0.25, 0.3) is 0 Å². The summed E-state index contributed by atoms with van der Waals surface area (Å²) in [5, 5.41) is 10.1. The minimum Gasteiger partial charge on any atom is -0.465 e. The molecule has 7 nitrogen and oxygen atoms in total. The highest BCUT2D eigenvalue weighted by atomic mass is 19.4. The number of pyridine rings is 1. The lowest BCUT2D eigenvalue weighted by molar-refractivity contribution is -0.137. The van der Waals surface area contributed by atoms with Gasteiger partial charge in [-0.15, -0.1) is 10.2 Å². The van der Waals surface area contributed by atoms with Gasteiger partial charge in [-0.25, -0.2) is 4.79 Å². The van der Waals surface area contributed by atoms with Crippen molar-refractivity contribution >= 4 is 23.6 Å². The smallest absolute Gasteiger partial charge is 0.417 e. The van der Waals surface area contributed by atoms with Crippen LogP contribution in [0, 0.1) is 0 Å². The number of hydrogen-bond acceptors (Lipinski definition) is 5. The molecular weight excluding hydrogens is 389 g/mol. The maximum Gasteiger partial charge on any atom is 0.417 e. The highest BCUT2D eigenvalue weighted by Gasteiger charge is 2.31. The second kappa shape index (κ2) is 8.13. The lowest BCUT2D eigenvalue weighted by atomic mass is 10.1. The van der Waals surface area contributed by atoms with E-state index >= 15 is 0 Å². The molecule has 150 valence electrons. The average Bonchev–Trinajstić information content (AvgIpc) is 3.12. The van der Waals surface area contributed by atoms with Crippen LogP contribution in [0.4, 0.5) is 13.2 Å². The summed E-state index contributed by atoms with van der Waals surface area (Å²) in [6, 6.07) is 8.52. The summed E-state index contributed by atoms with van der Waals surface area (Å²) in [7, 11) is 1.28. The maximum atomic E-state index is 12.9. The standard InChI is InChI=1S/C19H15F3N4O3/c1-29-18(28)13-5-2-12(3-6-13)4-9-17(27)23-10-16-25-24-15-8-7-14(11-26(15)16)19(20,21)22/h2-9,11H,10H2,1H3,(H,23,27)/b9-4+. The average molecular weight is 404 g/mol. The van der Waals surface area contributed by atoms with Gasteiger partial charge in [-0.2, -0.15) is 13.2 Å². The molecule has 0 saturated heterocycles. The van der Waals surface area contributed by atoms with E-state index in [9.17, 15) is 22.8 Å². The van der Waals surface area contributed by atoms with Crippen LogP contribution in [0.5, 0.6) is 0 Å². The molecule has 0 aliphatic carbocycles. The Morgan fingerprint density at radius 1 is 1.14 bits per heavy atom. The number of nitrogens with one attached hydrogen (secondary N) is 1. The Hall–Kier alpha value is -3.69. The van der Waals surface area contributed by atoms with Crippen molar-refractivity contribution in [1.29, 1.82) is 0 Å². The van der Waals surface area contributed by atoms with E-state index < -0.39 is 23.6 Å². The predicted molar refractivity (Wildman–Crippen MR) is 96.7 cm³/mol. The van der Waals surface area contributed by atoms with E-state index in [0.29, 0.717) is 11.1 Å². The molecule has 10 heteroatoms. The Balaban J connectivity index is 1.64. The fourth-order valence-corrected chi connectivity index (χ4v) is 2.47. The van der Waals surface area contributed by atoms with Crippen LogP contribution in [0.1, 0.15) is 27.3 Å². The second-order valence-corrected chi connectivity index (χ2v) is 5.92. The maximum absolute atomic E-state index is 12.9. The first kappa shape index (κ1) is 20.1. The summed E-state index contributed by atoms with van der Waals surface area (Å²) in [4.78, 5) is 23.4. The molecule has 0 aliphatic heterocycles. The number of ether oxygens (including phenoxy) is 1. The number of fused-ring (bicyclic) bond motifs is 1. The number of alkyl halides is 3. The van der Waals surface area contributed by atoms with Crippen LogP contribution in [-0.2, 0) is 22.3 Å². The number of nitrogens with zero attached hydrogens (tertiary/aromatic N) is 3. The zero-order valence-corrected chi connectivity index (χ0v) is 15.1. The van der Waals surface area contributed by atoms with Gasteiger partial charge in [0.1, 0.15) is 0 Å². The Morgan fingerprint density at radius 2 is 1.86 bits per heavy atom. The van der Waals surface area contributed by atoms with Gasteiger partial charge in [0.05, 0.1) is 24.8 Å². The van der Waals surface area contributed by atoms with E-state index in [1.165, 1.54) is 29.7 Å². The van der Waals surface area contributed by atoms with Crippen LogP contribution in [0.2, 0.25) is 0 Å². The summed E-state index contributed by atoms with van der Waals surface area (Å²) in [6.07, 6.45) is -0.821. The molecule has 3 rings (SSSR count).